The Balaban J connectivity index is 2.00. The van der Waals surface area contributed by atoms with Crippen LogP contribution in [0.2, 0.25) is 0 Å². The van der Waals surface area contributed by atoms with E-state index in [1.807, 2.05) is 0 Å². The standard InChI is InChI=1S/C13H19FN2/c1-9(2)13(5-6-13)8-16-12-4-3-10(14)7-11(12)15/h3-4,7,9,16H,5-6,8,15H2,1-2H3. The van der Waals surface area contributed by atoms with Gasteiger partial charge in [-0.25, -0.2) is 4.39 Å². The van der Waals surface area contributed by atoms with E-state index in [-0.39, 0.29) is 5.82 Å². The van der Waals surface area contributed by atoms with E-state index in [0.717, 1.165) is 12.2 Å². The fourth-order valence-corrected chi connectivity index (χ4v) is 2.08. The van der Waals surface area contributed by atoms with E-state index in [2.05, 4.69) is 19.2 Å². The topological polar surface area (TPSA) is 38.0 Å². The van der Waals surface area contributed by atoms with Crippen LogP contribution in [-0.2, 0) is 0 Å². The summed E-state index contributed by atoms with van der Waals surface area (Å²) in [6.45, 7) is 5.44. The van der Waals surface area contributed by atoms with Crippen LogP contribution in [0.5, 0.6) is 0 Å². The third-order valence-corrected chi connectivity index (χ3v) is 3.76. The SMILES string of the molecule is CC(C)C1(CNc2ccc(F)cc2N)CC1. The lowest BCUT2D eigenvalue weighted by Gasteiger charge is -2.21. The molecule has 0 saturated heterocycles. The normalized spacial score (nSPS) is 17.5. The summed E-state index contributed by atoms with van der Waals surface area (Å²) in [4.78, 5) is 0. The first-order valence-corrected chi connectivity index (χ1v) is 5.82. The van der Waals surface area contributed by atoms with Crippen molar-refractivity contribution in [1.82, 2.24) is 0 Å². The number of rotatable bonds is 4. The second kappa shape index (κ2) is 3.96. The van der Waals surface area contributed by atoms with Gasteiger partial charge in [-0.15, -0.1) is 0 Å². The van der Waals surface area contributed by atoms with Gasteiger partial charge < -0.3 is 11.1 Å². The predicted molar refractivity (Wildman–Crippen MR) is 65.8 cm³/mol. The lowest BCUT2D eigenvalue weighted by molar-refractivity contribution is 0.380. The highest BCUT2D eigenvalue weighted by molar-refractivity contribution is 5.65. The first kappa shape index (κ1) is 11.2. The zero-order valence-corrected chi connectivity index (χ0v) is 9.89. The number of nitrogens with two attached hydrogens (primary N) is 1. The first-order chi connectivity index (χ1) is 7.53. The Kier molecular flexibility index (Phi) is 2.78. The molecule has 1 fully saturated rings. The van der Waals surface area contributed by atoms with E-state index in [0.29, 0.717) is 17.0 Å². The Hall–Kier alpha value is -1.25. The highest BCUT2D eigenvalue weighted by atomic mass is 19.1. The molecule has 88 valence electrons. The van der Waals surface area contributed by atoms with E-state index >= 15 is 0 Å². The molecular formula is C13H19FN2. The van der Waals surface area contributed by atoms with E-state index in [9.17, 15) is 4.39 Å². The smallest absolute Gasteiger partial charge is 0.125 e. The van der Waals surface area contributed by atoms with E-state index < -0.39 is 0 Å². The Bertz CT molecular complexity index is 384. The summed E-state index contributed by atoms with van der Waals surface area (Å²) in [5.74, 6) is 0.398. The maximum absolute atomic E-state index is 12.9. The van der Waals surface area contributed by atoms with Crippen molar-refractivity contribution in [1.29, 1.82) is 0 Å². The Morgan fingerprint density at radius 3 is 2.62 bits per heavy atom. The van der Waals surface area contributed by atoms with Gasteiger partial charge in [0.1, 0.15) is 5.82 Å². The van der Waals surface area contributed by atoms with Gasteiger partial charge in [0.25, 0.3) is 0 Å². The molecule has 0 heterocycles. The van der Waals surface area contributed by atoms with E-state index in [4.69, 9.17) is 5.73 Å². The third-order valence-electron chi connectivity index (χ3n) is 3.76. The number of anilines is 2. The molecule has 0 atom stereocenters. The molecule has 0 radical (unpaired) electrons. The highest BCUT2D eigenvalue weighted by Gasteiger charge is 2.44. The molecule has 16 heavy (non-hydrogen) atoms. The molecule has 0 aromatic heterocycles. The lowest BCUT2D eigenvalue weighted by Crippen LogP contribution is -2.21. The first-order valence-electron chi connectivity index (χ1n) is 5.82. The van der Waals surface area contributed by atoms with Crippen molar-refractivity contribution in [2.75, 3.05) is 17.6 Å². The van der Waals surface area contributed by atoms with E-state index in [1.165, 1.54) is 25.0 Å². The lowest BCUT2D eigenvalue weighted by atomic mass is 9.92. The maximum atomic E-state index is 12.9. The van der Waals surface area contributed by atoms with Crippen molar-refractivity contribution in [3.63, 3.8) is 0 Å². The van der Waals surface area contributed by atoms with Gasteiger partial charge in [-0.05, 0) is 42.4 Å². The van der Waals surface area contributed by atoms with Gasteiger partial charge in [0.2, 0.25) is 0 Å². The van der Waals surface area contributed by atoms with Crippen LogP contribution in [0, 0.1) is 17.2 Å². The van der Waals surface area contributed by atoms with Gasteiger partial charge >= 0.3 is 0 Å². The molecule has 3 heteroatoms. The van der Waals surface area contributed by atoms with Gasteiger partial charge in [0.05, 0.1) is 11.4 Å². The summed E-state index contributed by atoms with van der Waals surface area (Å²) in [6.07, 6.45) is 2.55. The molecule has 0 amide bonds. The fourth-order valence-electron chi connectivity index (χ4n) is 2.08. The largest absolute Gasteiger partial charge is 0.397 e. The van der Waals surface area contributed by atoms with Gasteiger partial charge in [-0.1, -0.05) is 13.8 Å². The molecule has 1 aromatic carbocycles. The summed E-state index contributed by atoms with van der Waals surface area (Å²) < 4.78 is 12.9. The van der Waals surface area contributed by atoms with Crippen LogP contribution in [0.4, 0.5) is 15.8 Å². The number of hydrogen-bond acceptors (Lipinski definition) is 2. The zero-order chi connectivity index (χ0) is 11.8. The van der Waals surface area contributed by atoms with Crippen LogP contribution in [0.25, 0.3) is 0 Å². The summed E-state index contributed by atoms with van der Waals surface area (Å²) in [5.41, 5.74) is 7.50. The number of halogens is 1. The summed E-state index contributed by atoms with van der Waals surface area (Å²) in [7, 11) is 0. The number of hydrogen-bond donors (Lipinski definition) is 2. The molecule has 0 spiro atoms. The molecule has 3 N–H and O–H groups in total. The average Bonchev–Trinajstić information content (AvgIpc) is 2.97. The minimum absolute atomic E-state index is 0.284. The van der Waals surface area contributed by atoms with Crippen molar-refractivity contribution in [3.05, 3.63) is 24.0 Å². The molecule has 0 bridgehead atoms. The summed E-state index contributed by atoms with van der Waals surface area (Å²) in [6, 6.07) is 4.51. The predicted octanol–water partition coefficient (Wildman–Crippen LogP) is 3.26. The van der Waals surface area contributed by atoms with Crippen molar-refractivity contribution < 1.29 is 4.39 Å². The van der Waals surface area contributed by atoms with Crippen molar-refractivity contribution >= 4 is 11.4 Å². The van der Waals surface area contributed by atoms with Crippen LogP contribution < -0.4 is 11.1 Å². The highest BCUT2D eigenvalue weighted by Crippen LogP contribution is 2.51. The monoisotopic (exact) mass is 222 g/mol. The third kappa shape index (κ3) is 2.13. The van der Waals surface area contributed by atoms with Crippen molar-refractivity contribution in [2.24, 2.45) is 11.3 Å². The van der Waals surface area contributed by atoms with Gasteiger partial charge in [0, 0.05) is 6.54 Å². The van der Waals surface area contributed by atoms with E-state index in [1.54, 1.807) is 6.07 Å². The molecule has 1 saturated carbocycles. The molecule has 0 aliphatic heterocycles. The van der Waals surface area contributed by atoms with Crippen LogP contribution in [0.1, 0.15) is 26.7 Å². The average molecular weight is 222 g/mol. The Labute approximate surface area is 96.0 Å². The van der Waals surface area contributed by atoms with Crippen molar-refractivity contribution in [3.8, 4) is 0 Å². The van der Waals surface area contributed by atoms with Gasteiger partial charge in [-0.2, -0.15) is 0 Å². The quantitative estimate of drug-likeness (QED) is 0.767. The Morgan fingerprint density at radius 2 is 2.12 bits per heavy atom. The minimum atomic E-state index is -0.284. The molecular weight excluding hydrogens is 203 g/mol. The molecule has 1 aliphatic rings. The molecule has 2 rings (SSSR count). The fraction of sp³-hybridized carbons (Fsp3) is 0.538. The summed E-state index contributed by atoms with van der Waals surface area (Å²) in [5, 5.41) is 3.33. The zero-order valence-electron chi connectivity index (χ0n) is 9.89. The van der Waals surface area contributed by atoms with Crippen LogP contribution >= 0.6 is 0 Å². The van der Waals surface area contributed by atoms with Gasteiger partial charge in [-0.3, -0.25) is 0 Å². The second-order valence-corrected chi connectivity index (χ2v) is 5.10. The van der Waals surface area contributed by atoms with Crippen molar-refractivity contribution in [2.45, 2.75) is 26.7 Å². The van der Waals surface area contributed by atoms with Crippen LogP contribution in [-0.4, -0.2) is 6.54 Å². The molecule has 0 unspecified atom stereocenters. The molecule has 2 nitrogen and oxygen atoms in total. The number of nitrogen functional groups attached to an aromatic ring is 1. The maximum Gasteiger partial charge on any atom is 0.125 e. The number of nitrogens with one attached hydrogen (secondary N) is 1. The van der Waals surface area contributed by atoms with Crippen LogP contribution in [0.3, 0.4) is 0 Å². The summed E-state index contributed by atoms with van der Waals surface area (Å²) >= 11 is 0. The molecule has 1 aromatic rings. The van der Waals surface area contributed by atoms with Gasteiger partial charge in [0.15, 0.2) is 0 Å². The number of benzene rings is 1. The van der Waals surface area contributed by atoms with Crippen LogP contribution in [0.15, 0.2) is 18.2 Å². The molecule has 1 aliphatic carbocycles. The second-order valence-electron chi connectivity index (χ2n) is 5.10. The minimum Gasteiger partial charge on any atom is -0.397 e. The Morgan fingerprint density at radius 1 is 1.44 bits per heavy atom.